The van der Waals surface area contributed by atoms with Crippen molar-refractivity contribution in [2.45, 2.75) is 0 Å². The number of hydrazine groups is 1. The number of aromatic nitrogens is 1. The summed E-state index contributed by atoms with van der Waals surface area (Å²) in [6.45, 7) is 0. The van der Waals surface area contributed by atoms with E-state index in [9.17, 15) is 0 Å². The van der Waals surface area contributed by atoms with Crippen molar-refractivity contribution in [2.75, 3.05) is 5.43 Å². The topological polar surface area (TPSA) is 50.9 Å². The molecule has 2 aromatic rings. The second kappa shape index (κ2) is 3.73. The van der Waals surface area contributed by atoms with Gasteiger partial charge in [0.2, 0.25) is 0 Å². The van der Waals surface area contributed by atoms with E-state index in [4.69, 9.17) is 17.4 Å². The van der Waals surface area contributed by atoms with Gasteiger partial charge < -0.3 is 5.43 Å². The van der Waals surface area contributed by atoms with Gasteiger partial charge in [0.05, 0.1) is 5.02 Å². The molecule has 3 N–H and O–H groups in total. The molecule has 0 spiro atoms. The number of anilines is 1. The maximum atomic E-state index is 6.06. The Morgan fingerprint density at radius 1 is 1.36 bits per heavy atom. The van der Waals surface area contributed by atoms with Crippen molar-refractivity contribution in [3.05, 3.63) is 33.9 Å². The smallest absolute Gasteiger partial charge is 0.149 e. The Labute approximate surface area is 94.4 Å². The van der Waals surface area contributed by atoms with Crippen LogP contribution in [-0.4, -0.2) is 4.98 Å². The first-order valence-electron chi connectivity index (χ1n) is 3.93. The van der Waals surface area contributed by atoms with E-state index in [1.54, 1.807) is 12.3 Å². The number of hydrogen-bond donors (Lipinski definition) is 2. The molecule has 0 saturated heterocycles. The molecule has 0 amide bonds. The van der Waals surface area contributed by atoms with E-state index >= 15 is 0 Å². The zero-order valence-corrected chi connectivity index (χ0v) is 9.43. The number of hydrogen-bond acceptors (Lipinski definition) is 3. The van der Waals surface area contributed by atoms with E-state index < -0.39 is 0 Å². The lowest BCUT2D eigenvalue weighted by Gasteiger charge is -2.07. The molecule has 0 aliphatic carbocycles. The molecular weight excluding hydrogens is 265 g/mol. The van der Waals surface area contributed by atoms with Gasteiger partial charge in [-0.15, -0.1) is 0 Å². The maximum absolute atomic E-state index is 6.06. The lowest BCUT2D eigenvalue weighted by Crippen LogP contribution is -2.08. The van der Waals surface area contributed by atoms with Crippen molar-refractivity contribution in [3.63, 3.8) is 0 Å². The van der Waals surface area contributed by atoms with Crippen LogP contribution in [0, 0.1) is 0 Å². The maximum Gasteiger partial charge on any atom is 0.149 e. The van der Waals surface area contributed by atoms with Gasteiger partial charge in [0.25, 0.3) is 0 Å². The van der Waals surface area contributed by atoms with Crippen molar-refractivity contribution >= 4 is 44.1 Å². The minimum absolute atomic E-state index is 0.578. The fourth-order valence-corrected chi connectivity index (χ4v) is 2.05. The third-order valence-electron chi connectivity index (χ3n) is 1.96. The zero-order valence-electron chi connectivity index (χ0n) is 7.09. The highest BCUT2D eigenvalue weighted by atomic mass is 79.9. The Morgan fingerprint density at radius 3 is 2.86 bits per heavy atom. The molecule has 0 aliphatic rings. The fourth-order valence-electron chi connectivity index (χ4n) is 1.33. The normalized spacial score (nSPS) is 10.5. The summed E-state index contributed by atoms with van der Waals surface area (Å²) in [6.07, 6.45) is 1.68. The number of rotatable bonds is 1. The predicted molar refractivity (Wildman–Crippen MR) is 62.3 cm³/mol. The SMILES string of the molecule is NNc1nccc2c(Br)ccc(Cl)c12. The lowest BCUT2D eigenvalue weighted by atomic mass is 10.1. The van der Waals surface area contributed by atoms with Gasteiger partial charge in [-0.05, 0) is 18.2 Å². The van der Waals surface area contributed by atoms with Gasteiger partial charge in [-0.25, -0.2) is 10.8 Å². The van der Waals surface area contributed by atoms with Crippen LogP contribution in [0.5, 0.6) is 0 Å². The number of nitrogens with two attached hydrogens (primary N) is 1. The number of pyridine rings is 1. The molecule has 1 aromatic carbocycles. The molecule has 0 saturated carbocycles. The third-order valence-corrected chi connectivity index (χ3v) is 2.97. The summed E-state index contributed by atoms with van der Waals surface area (Å²) >= 11 is 9.50. The van der Waals surface area contributed by atoms with E-state index in [1.807, 2.05) is 12.1 Å². The van der Waals surface area contributed by atoms with Crippen LogP contribution in [-0.2, 0) is 0 Å². The highest BCUT2D eigenvalue weighted by Gasteiger charge is 2.07. The van der Waals surface area contributed by atoms with Crippen LogP contribution in [0.15, 0.2) is 28.9 Å². The van der Waals surface area contributed by atoms with Crippen molar-refractivity contribution in [1.29, 1.82) is 0 Å². The molecule has 0 fully saturated rings. The Kier molecular flexibility index (Phi) is 2.58. The average molecular weight is 273 g/mol. The van der Waals surface area contributed by atoms with Gasteiger partial charge >= 0.3 is 0 Å². The highest BCUT2D eigenvalue weighted by Crippen LogP contribution is 2.33. The first kappa shape index (κ1) is 9.71. The molecule has 0 bridgehead atoms. The average Bonchev–Trinajstić information content (AvgIpc) is 2.23. The number of fused-ring (bicyclic) bond motifs is 1. The van der Waals surface area contributed by atoms with Gasteiger partial charge in [-0.3, -0.25) is 0 Å². The molecule has 5 heteroatoms. The molecule has 3 nitrogen and oxygen atoms in total. The fraction of sp³-hybridized carbons (Fsp3) is 0. The monoisotopic (exact) mass is 271 g/mol. The predicted octanol–water partition coefficient (Wildman–Crippen LogP) is 2.94. The Morgan fingerprint density at radius 2 is 2.14 bits per heavy atom. The number of halogens is 2. The molecule has 2 rings (SSSR count). The quantitative estimate of drug-likeness (QED) is 0.620. The number of nitrogen functional groups attached to an aromatic ring is 1. The Bertz CT molecular complexity index is 487. The zero-order chi connectivity index (χ0) is 10.1. The number of nitrogens with zero attached hydrogens (tertiary/aromatic N) is 1. The van der Waals surface area contributed by atoms with Gasteiger partial charge in [-0.1, -0.05) is 27.5 Å². The minimum Gasteiger partial charge on any atom is -0.308 e. The van der Waals surface area contributed by atoms with Crippen molar-refractivity contribution in [2.24, 2.45) is 5.84 Å². The van der Waals surface area contributed by atoms with Crippen molar-refractivity contribution in [1.82, 2.24) is 4.98 Å². The van der Waals surface area contributed by atoms with Crippen LogP contribution in [0.25, 0.3) is 10.8 Å². The molecule has 14 heavy (non-hydrogen) atoms. The van der Waals surface area contributed by atoms with Crippen LogP contribution in [0.2, 0.25) is 5.02 Å². The molecule has 1 aromatic heterocycles. The van der Waals surface area contributed by atoms with Crippen molar-refractivity contribution in [3.8, 4) is 0 Å². The van der Waals surface area contributed by atoms with E-state index in [1.165, 1.54) is 0 Å². The molecule has 0 atom stereocenters. The van der Waals surface area contributed by atoms with E-state index in [2.05, 4.69) is 26.3 Å². The third kappa shape index (κ3) is 1.45. The summed E-state index contributed by atoms with van der Waals surface area (Å²) in [4.78, 5) is 4.09. The summed E-state index contributed by atoms with van der Waals surface area (Å²) in [5, 5.41) is 2.44. The summed E-state index contributed by atoms with van der Waals surface area (Å²) in [5.41, 5.74) is 2.52. The van der Waals surface area contributed by atoms with E-state index in [-0.39, 0.29) is 0 Å². The molecule has 1 heterocycles. The van der Waals surface area contributed by atoms with E-state index in [0.29, 0.717) is 10.8 Å². The highest BCUT2D eigenvalue weighted by molar-refractivity contribution is 9.10. The van der Waals surface area contributed by atoms with Gasteiger partial charge in [0.15, 0.2) is 0 Å². The van der Waals surface area contributed by atoms with Crippen LogP contribution >= 0.6 is 27.5 Å². The summed E-state index contributed by atoms with van der Waals surface area (Å²) in [5.74, 6) is 5.93. The summed E-state index contributed by atoms with van der Waals surface area (Å²) < 4.78 is 0.968. The van der Waals surface area contributed by atoms with E-state index in [0.717, 1.165) is 15.2 Å². The lowest BCUT2D eigenvalue weighted by molar-refractivity contribution is 1.25. The second-order valence-electron chi connectivity index (χ2n) is 2.76. The molecule has 0 unspecified atom stereocenters. The summed E-state index contributed by atoms with van der Waals surface area (Å²) in [7, 11) is 0. The van der Waals surface area contributed by atoms with Crippen LogP contribution < -0.4 is 11.3 Å². The minimum atomic E-state index is 0.578. The first-order chi connectivity index (χ1) is 6.74. The molecule has 0 aliphatic heterocycles. The van der Waals surface area contributed by atoms with Gasteiger partial charge in [0, 0.05) is 21.4 Å². The largest absolute Gasteiger partial charge is 0.308 e. The van der Waals surface area contributed by atoms with Gasteiger partial charge in [0.1, 0.15) is 5.82 Å². The number of nitrogens with one attached hydrogen (secondary N) is 1. The summed E-state index contributed by atoms with van der Waals surface area (Å²) in [6, 6.07) is 5.58. The molecular formula is C9H7BrClN3. The Balaban J connectivity index is 2.92. The van der Waals surface area contributed by atoms with Crippen LogP contribution in [0.1, 0.15) is 0 Å². The Hall–Kier alpha value is -0.840. The van der Waals surface area contributed by atoms with Crippen molar-refractivity contribution < 1.29 is 0 Å². The molecule has 72 valence electrons. The van der Waals surface area contributed by atoms with Crippen LogP contribution in [0.4, 0.5) is 5.82 Å². The number of benzene rings is 1. The first-order valence-corrected chi connectivity index (χ1v) is 5.10. The second-order valence-corrected chi connectivity index (χ2v) is 4.02. The van der Waals surface area contributed by atoms with Gasteiger partial charge in [-0.2, -0.15) is 0 Å². The standard InChI is InChI=1S/C9H7BrClN3/c10-6-1-2-7(11)8-5(6)3-4-13-9(8)14-12/h1-4H,12H2,(H,13,14). The van der Waals surface area contributed by atoms with Crippen LogP contribution in [0.3, 0.4) is 0 Å². The molecule has 0 radical (unpaired) electrons.